The van der Waals surface area contributed by atoms with Crippen LogP contribution in [-0.2, 0) is 24.1 Å². The minimum atomic E-state index is 0.702. The van der Waals surface area contributed by atoms with Crippen LogP contribution in [0.3, 0.4) is 0 Å². The Morgan fingerprint density at radius 2 is 2.38 bits per heavy atom. The van der Waals surface area contributed by atoms with E-state index in [1.54, 1.807) is 7.11 Å². The highest BCUT2D eigenvalue weighted by Crippen LogP contribution is 2.26. The predicted molar refractivity (Wildman–Crippen MR) is 50.5 cm³/mol. The molecular weight excluding hydrogens is 166 g/mol. The number of nitrogens with zero attached hydrogens (tertiary/aromatic N) is 2. The molecule has 4 nitrogen and oxygen atoms in total. The van der Waals surface area contributed by atoms with Crippen LogP contribution in [0.4, 0.5) is 5.82 Å². The average molecular weight is 181 g/mol. The van der Waals surface area contributed by atoms with E-state index in [0.717, 1.165) is 19.4 Å². The van der Waals surface area contributed by atoms with Gasteiger partial charge in [0.25, 0.3) is 0 Å². The number of methoxy groups -OCH3 is 1. The van der Waals surface area contributed by atoms with Gasteiger partial charge in [-0.1, -0.05) is 0 Å². The van der Waals surface area contributed by atoms with E-state index in [2.05, 4.69) is 5.10 Å². The third-order valence-electron chi connectivity index (χ3n) is 2.55. The van der Waals surface area contributed by atoms with E-state index in [0.29, 0.717) is 12.4 Å². The highest BCUT2D eigenvalue weighted by molar-refractivity contribution is 5.45. The quantitative estimate of drug-likeness (QED) is 0.743. The molecule has 0 fully saturated rings. The molecule has 0 radical (unpaired) electrons. The number of fused-ring (bicyclic) bond motifs is 1. The lowest BCUT2D eigenvalue weighted by atomic mass is 10.3. The third-order valence-corrected chi connectivity index (χ3v) is 2.55. The van der Waals surface area contributed by atoms with E-state index in [-0.39, 0.29) is 0 Å². The molecule has 0 spiro atoms. The summed E-state index contributed by atoms with van der Waals surface area (Å²) in [6, 6.07) is 0. The Balaban J connectivity index is 2.21. The van der Waals surface area contributed by atoms with E-state index in [1.807, 2.05) is 4.68 Å². The molecule has 13 heavy (non-hydrogen) atoms. The molecule has 1 aliphatic carbocycles. The van der Waals surface area contributed by atoms with Crippen LogP contribution in [0.15, 0.2) is 0 Å². The minimum absolute atomic E-state index is 0.702. The van der Waals surface area contributed by atoms with Crippen molar-refractivity contribution in [1.82, 2.24) is 9.78 Å². The Kier molecular flexibility index (Phi) is 2.22. The fraction of sp³-hybridized carbons (Fsp3) is 0.667. The molecule has 1 heterocycles. The molecule has 0 unspecified atom stereocenters. The van der Waals surface area contributed by atoms with Crippen molar-refractivity contribution in [2.75, 3.05) is 19.5 Å². The van der Waals surface area contributed by atoms with Gasteiger partial charge in [0.05, 0.1) is 13.2 Å². The number of nitrogen functional groups attached to an aromatic ring is 1. The van der Waals surface area contributed by atoms with Crippen LogP contribution in [0.2, 0.25) is 0 Å². The summed E-state index contributed by atoms with van der Waals surface area (Å²) in [4.78, 5) is 0. The van der Waals surface area contributed by atoms with Gasteiger partial charge in [-0.15, -0.1) is 0 Å². The van der Waals surface area contributed by atoms with Crippen LogP contribution in [-0.4, -0.2) is 23.5 Å². The van der Waals surface area contributed by atoms with Gasteiger partial charge in [-0.25, -0.2) is 0 Å². The van der Waals surface area contributed by atoms with Crippen molar-refractivity contribution < 1.29 is 4.74 Å². The molecule has 0 bridgehead atoms. The summed E-state index contributed by atoms with van der Waals surface area (Å²) < 4.78 is 7.00. The molecule has 1 aromatic rings. The van der Waals surface area contributed by atoms with Gasteiger partial charge >= 0.3 is 0 Å². The maximum absolute atomic E-state index is 5.79. The summed E-state index contributed by atoms with van der Waals surface area (Å²) >= 11 is 0. The van der Waals surface area contributed by atoms with Crippen molar-refractivity contribution >= 4 is 5.82 Å². The van der Waals surface area contributed by atoms with Gasteiger partial charge in [-0.3, -0.25) is 4.68 Å². The molecule has 0 aromatic carbocycles. The van der Waals surface area contributed by atoms with Crippen molar-refractivity contribution in [3.63, 3.8) is 0 Å². The van der Waals surface area contributed by atoms with Crippen molar-refractivity contribution in [2.24, 2.45) is 0 Å². The first-order valence-electron chi connectivity index (χ1n) is 4.66. The van der Waals surface area contributed by atoms with Gasteiger partial charge in [-0.05, 0) is 19.3 Å². The molecular formula is C9H15N3O. The zero-order chi connectivity index (χ0) is 9.26. The number of ether oxygens (including phenoxy) is 1. The molecule has 0 saturated carbocycles. The van der Waals surface area contributed by atoms with Crippen LogP contribution < -0.4 is 5.73 Å². The number of rotatable bonds is 3. The molecule has 72 valence electrons. The van der Waals surface area contributed by atoms with Gasteiger partial charge in [0.1, 0.15) is 5.82 Å². The zero-order valence-electron chi connectivity index (χ0n) is 7.92. The summed E-state index contributed by atoms with van der Waals surface area (Å²) in [5.41, 5.74) is 8.37. The van der Waals surface area contributed by atoms with Crippen LogP contribution in [0, 0.1) is 0 Å². The molecule has 2 rings (SSSR count). The Morgan fingerprint density at radius 3 is 3.15 bits per heavy atom. The minimum Gasteiger partial charge on any atom is -0.383 e. The van der Waals surface area contributed by atoms with Crippen molar-refractivity contribution in [2.45, 2.75) is 25.8 Å². The van der Waals surface area contributed by atoms with E-state index in [4.69, 9.17) is 10.5 Å². The predicted octanol–water partition coefficient (Wildman–Crippen LogP) is 0.600. The number of aromatic nitrogens is 2. The van der Waals surface area contributed by atoms with Crippen molar-refractivity contribution in [3.8, 4) is 0 Å². The SMILES string of the molecule is COCCn1nc(N)c2c1CCC2. The maximum atomic E-state index is 5.79. The Bertz CT molecular complexity index is 306. The topological polar surface area (TPSA) is 53.1 Å². The first-order valence-corrected chi connectivity index (χ1v) is 4.66. The average Bonchev–Trinajstić information content (AvgIpc) is 2.67. The maximum Gasteiger partial charge on any atom is 0.148 e. The largest absolute Gasteiger partial charge is 0.383 e. The molecule has 0 aliphatic heterocycles. The lowest BCUT2D eigenvalue weighted by molar-refractivity contribution is 0.182. The summed E-state index contributed by atoms with van der Waals surface area (Å²) in [5, 5.41) is 4.28. The summed E-state index contributed by atoms with van der Waals surface area (Å²) in [6.07, 6.45) is 3.42. The number of nitrogens with two attached hydrogens (primary N) is 1. The first-order chi connectivity index (χ1) is 6.33. The third kappa shape index (κ3) is 1.42. The van der Waals surface area contributed by atoms with E-state index in [1.165, 1.54) is 17.7 Å². The van der Waals surface area contributed by atoms with Crippen molar-refractivity contribution in [1.29, 1.82) is 0 Å². The van der Waals surface area contributed by atoms with E-state index in [9.17, 15) is 0 Å². The molecule has 1 aromatic heterocycles. The summed E-state index contributed by atoms with van der Waals surface area (Å²) in [7, 11) is 1.70. The Hall–Kier alpha value is -1.03. The fourth-order valence-corrected chi connectivity index (χ4v) is 1.90. The van der Waals surface area contributed by atoms with Gasteiger partial charge < -0.3 is 10.5 Å². The smallest absolute Gasteiger partial charge is 0.148 e. The van der Waals surface area contributed by atoms with Crippen LogP contribution in [0.5, 0.6) is 0 Å². The van der Waals surface area contributed by atoms with Gasteiger partial charge in [-0.2, -0.15) is 5.10 Å². The zero-order valence-corrected chi connectivity index (χ0v) is 7.92. The number of hydrogen-bond acceptors (Lipinski definition) is 3. The van der Waals surface area contributed by atoms with Gasteiger partial charge in [0.15, 0.2) is 0 Å². The highest BCUT2D eigenvalue weighted by Gasteiger charge is 2.20. The second-order valence-electron chi connectivity index (χ2n) is 3.38. The van der Waals surface area contributed by atoms with Crippen LogP contribution >= 0.6 is 0 Å². The monoisotopic (exact) mass is 181 g/mol. The van der Waals surface area contributed by atoms with Gasteiger partial charge in [0.2, 0.25) is 0 Å². The van der Waals surface area contributed by atoms with E-state index < -0.39 is 0 Å². The lowest BCUT2D eigenvalue weighted by Gasteiger charge is -2.03. The molecule has 4 heteroatoms. The Labute approximate surface area is 77.7 Å². The highest BCUT2D eigenvalue weighted by atomic mass is 16.5. The molecule has 1 aliphatic rings. The molecule has 0 saturated heterocycles. The lowest BCUT2D eigenvalue weighted by Crippen LogP contribution is -2.09. The van der Waals surface area contributed by atoms with Crippen LogP contribution in [0.25, 0.3) is 0 Å². The van der Waals surface area contributed by atoms with Crippen molar-refractivity contribution in [3.05, 3.63) is 11.3 Å². The molecule has 0 amide bonds. The molecule has 0 atom stereocenters. The second-order valence-corrected chi connectivity index (χ2v) is 3.38. The molecule has 2 N–H and O–H groups in total. The number of anilines is 1. The number of hydrogen-bond donors (Lipinski definition) is 1. The summed E-state index contributed by atoms with van der Waals surface area (Å²) in [5.74, 6) is 0.712. The van der Waals surface area contributed by atoms with Gasteiger partial charge in [0, 0.05) is 18.4 Å². The first kappa shape index (κ1) is 8.56. The standard InChI is InChI=1S/C9H15N3O/c1-13-6-5-12-8-4-2-3-7(8)9(10)11-12/h2-6H2,1H3,(H2,10,11). The second kappa shape index (κ2) is 3.38. The Morgan fingerprint density at radius 1 is 1.54 bits per heavy atom. The fourth-order valence-electron chi connectivity index (χ4n) is 1.90. The normalized spacial score (nSPS) is 14.8. The summed E-state index contributed by atoms with van der Waals surface area (Å²) in [6.45, 7) is 1.52. The van der Waals surface area contributed by atoms with E-state index >= 15 is 0 Å². The van der Waals surface area contributed by atoms with Crippen LogP contribution in [0.1, 0.15) is 17.7 Å².